The van der Waals surface area contributed by atoms with E-state index < -0.39 is 5.54 Å². The molecule has 5 heteroatoms. The summed E-state index contributed by atoms with van der Waals surface area (Å²) in [5.41, 5.74) is 5.20. The molecule has 2 aliphatic rings. The number of hydrogen-bond donors (Lipinski definition) is 2. The fourth-order valence-electron chi connectivity index (χ4n) is 2.29. The molecule has 2 fully saturated rings. The zero-order valence-corrected chi connectivity index (χ0v) is 9.52. The minimum Gasteiger partial charge on any atom is -0.395 e. The van der Waals surface area contributed by atoms with Crippen molar-refractivity contribution in [2.75, 3.05) is 26.4 Å². The molecule has 92 valence electrons. The summed E-state index contributed by atoms with van der Waals surface area (Å²) in [7, 11) is 0. The third-order valence-electron chi connectivity index (χ3n) is 3.60. The van der Waals surface area contributed by atoms with Crippen LogP contribution in [0.3, 0.4) is 0 Å². The maximum absolute atomic E-state index is 12.3. The van der Waals surface area contributed by atoms with Crippen LogP contribution in [0.2, 0.25) is 0 Å². The van der Waals surface area contributed by atoms with Gasteiger partial charge >= 0.3 is 0 Å². The molecule has 0 aromatic rings. The van der Waals surface area contributed by atoms with Crippen LogP contribution < -0.4 is 5.73 Å². The number of aliphatic hydroxyl groups is 1. The molecule has 2 rings (SSSR count). The van der Waals surface area contributed by atoms with Gasteiger partial charge in [-0.05, 0) is 25.7 Å². The molecule has 1 unspecified atom stereocenters. The topological polar surface area (TPSA) is 75.8 Å². The Hall–Kier alpha value is -0.650. The first-order valence-corrected chi connectivity index (χ1v) is 5.96. The van der Waals surface area contributed by atoms with E-state index in [2.05, 4.69) is 0 Å². The van der Waals surface area contributed by atoms with Crippen LogP contribution in [0.5, 0.6) is 0 Å². The lowest BCUT2D eigenvalue weighted by atomic mass is 9.88. The highest BCUT2D eigenvalue weighted by Gasteiger charge is 2.43. The summed E-state index contributed by atoms with van der Waals surface area (Å²) in [6.07, 6.45) is 3.81. The number of rotatable bonds is 4. The van der Waals surface area contributed by atoms with E-state index >= 15 is 0 Å². The molecular weight excluding hydrogens is 208 g/mol. The second kappa shape index (κ2) is 4.69. The number of ether oxygens (including phenoxy) is 1. The second-order valence-corrected chi connectivity index (χ2v) is 4.77. The van der Waals surface area contributed by atoms with Crippen LogP contribution in [0.4, 0.5) is 0 Å². The predicted octanol–water partition coefficient (Wildman–Crippen LogP) is -0.522. The fraction of sp³-hybridized carbons (Fsp3) is 0.909. The number of amides is 1. The molecule has 0 aromatic carbocycles. The lowest BCUT2D eigenvalue weighted by molar-refractivity contribution is -0.141. The Morgan fingerprint density at radius 2 is 2.31 bits per heavy atom. The van der Waals surface area contributed by atoms with Gasteiger partial charge in [-0.25, -0.2) is 0 Å². The molecule has 0 bridgehead atoms. The molecule has 1 atom stereocenters. The average molecular weight is 228 g/mol. The zero-order chi connectivity index (χ0) is 11.6. The Bertz CT molecular complexity index is 260. The molecule has 3 N–H and O–H groups in total. The van der Waals surface area contributed by atoms with Gasteiger partial charge in [0.1, 0.15) is 5.54 Å². The van der Waals surface area contributed by atoms with E-state index in [4.69, 9.17) is 15.6 Å². The van der Waals surface area contributed by atoms with Crippen LogP contribution >= 0.6 is 0 Å². The van der Waals surface area contributed by atoms with Crippen molar-refractivity contribution in [2.24, 2.45) is 5.73 Å². The van der Waals surface area contributed by atoms with Gasteiger partial charge < -0.3 is 20.5 Å². The number of carbonyl (C=O) groups is 1. The fourth-order valence-corrected chi connectivity index (χ4v) is 2.29. The maximum Gasteiger partial charge on any atom is 0.245 e. The molecule has 1 aliphatic carbocycles. The zero-order valence-electron chi connectivity index (χ0n) is 9.52. The number of nitrogens with two attached hydrogens (primary N) is 1. The van der Waals surface area contributed by atoms with E-state index in [-0.39, 0.29) is 18.6 Å². The Balaban J connectivity index is 2.03. The summed E-state index contributed by atoms with van der Waals surface area (Å²) in [6, 6.07) is 0.278. The number of hydrogen-bond acceptors (Lipinski definition) is 4. The van der Waals surface area contributed by atoms with E-state index in [1.165, 1.54) is 0 Å². The van der Waals surface area contributed by atoms with E-state index in [9.17, 15) is 4.79 Å². The van der Waals surface area contributed by atoms with Crippen molar-refractivity contribution in [3.63, 3.8) is 0 Å². The summed E-state index contributed by atoms with van der Waals surface area (Å²) < 4.78 is 5.21. The second-order valence-electron chi connectivity index (χ2n) is 4.77. The van der Waals surface area contributed by atoms with Crippen LogP contribution in [-0.2, 0) is 9.53 Å². The van der Waals surface area contributed by atoms with E-state index in [0.29, 0.717) is 26.2 Å². The molecule has 1 heterocycles. The number of carbonyl (C=O) groups excluding carboxylic acids is 1. The Morgan fingerprint density at radius 3 is 2.75 bits per heavy atom. The van der Waals surface area contributed by atoms with Crippen molar-refractivity contribution < 1.29 is 14.6 Å². The van der Waals surface area contributed by atoms with Gasteiger partial charge in [-0.3, -0.25) is 4.79 Å². The Morgan fingerprint density at radius 1 is 1.56 bits per heavy atom. The Labute approximate surface area is 95.5 Å². The van der Waals surface area contributed by atoms with Crippen LogP contribution in [0, 0.1) is 0 Å². The van der Waals surface area contributed by atoms with Crippen LogP contribution in [-0.4, -0.2) is 53.9 Å². The standard InChI is InChI=1S/C11H20N2O3/c12-11(4-7-16-8-11)10(15)13(5-6-14)9-2-1-3-9/h9,14H,1-8,12H2. The smallest absolute Gasteiger partial charge is 0.245 e. The lowest BCUT2D eigenvalue weighted by Crippen LogP contribution is -2.60. The molecule has 16 heavy (non-hydrogen) atoms. The minimum absolute atomic E-state index is 0.000816. The molecule has 1 saturated heterocycles. The van der Waals surface area contributed by atoms with E-state index in [1.807, 2.05) is 0 Å². The number of nitrogens with zero attached hydrogens (tertiary/aromatic N) is 1. The van der Waals surface area contributed by atoms with Crippen molar-refractivity contribution in [3.05, 3.63) is 0 Å². The third kappa shape index (κ3) is 2.07. The summed E-state index contributed by atoms with van der Waals surface area (Å²) in [6.45, 7) is 1.25. The molecule has 1 saturated carbocycles. The van der Waals surface area contributed by atoms with Gasteiger partial charge in [0.15, 0.2) is 0 Å². The molecule has 5 nitrogen and oxygen atoms in total. The van der Waals surface area contributed by atoms with E-state index in [1.54, 1.807) is 4.90 Å². The largest absolute Gasteiger partial charge is 0.395 e. The third-order valence-corrected chi connectivity index (χ3v) is 3.60. The van der Waals surface area contributed by atoms with E-state index in [0.717, 1.165) is 19.3 Å². The van der Waals surface area contributed by atoms with Gasteiger partial charge in [0.25, 0.3) is 0 Å². The van der Waals surface area contributed by atoms with Crippen molar-refractivity contribution in [2.45, 2.75) is 37.3 Å². The van der Waals surface area contributed by atoms with Gasteiger partial charge in [0.2, 0.25) is 5.91 Å². The predicted molar refractivity (Wildman–Crippen MR) is 58.8 cm³/mol. The molecular formula is C11H20N2O3. The average Bonchev–Trinajstić information content (AvgIpc) is 2.62. The summed E-state index contributed by atoms with van der Waals surface area (Å²) >= 11 is 0. The first-order valence-electron chi connectivity index (χ1n) is 5.96. The monoisotopic (exact) mass is 228 g/mol. The molecule has 1 aliphatic heterocycles. The van der Waals surface area contributed by atoms with Crippen LogP contribution in [0.1, 0.15) is 25.7 Å². The summed E-state index contributed by atoms with van der Waals surface area (Å²) in [4.78, 5) is 14.0. The van der Waals surface area contributed by atoms with Gasteiger partial charge in [-0.2, -0.15) is 0 Å². The highest BCUT2D eigenvalue weighted by molar-refractivity contribution is 5.87. The van der Waals surface area contributed by atoms with Crippen LogP contribution in [0.25, 0.3) is 0 Å². The SMILES string of the molecule is NC1(C(=O)N(CCO)C2CCC2)CCOC1. The van der Waals surface area contributed by atoms with Gasteiger partial charge in [0.05, 0.1) is 13.2 Å². The van der Waals surface area contributed by atoms with Crippen molar-refractivity contribution >= 4 is 5.91 Å². The minimum atomic E-state index is -0.856. The molecule has 1 amide bonds. The number of aliphatic hydroxyl groups excluding tert-OH is 1. The molecule has 0 aromatic heterocycles. The quantitative estimate of drug-likeness (QED) is 0.678. The summed E-state index contributed by atoms with van der Waals surface area (Å²) in [5, 5.41) is 9.01. The first-order chi connectivity index (χ1) is 7.67. The van der Waals surface area contributed by atoms with Gasteiger partial charge in [-0.1, -0.05) is 0 Å². The highest BCUT2D eigenvalue weighted by atomic mass is 16.5. The Kier molecular flexibility index (Phi) is 3.47. The van der Waals surface area contributed by atoms with Gasteiger partial charge in [-0.15, -0.1) is 0 Å². The van der Waals surface area contributed by atoms with Crippen molar-refractivity contribution in [1.29, 1.82) is 0 Å². The normalized spacial score (nSPS) is 30.1. The first kappa shape index (κ1) is 11.8. The highest BCUT2D eigenvalue weighted by Crippen LogP contribution is 2.28. The lowest BCUT2D eigenvalue weighted by Gasteiger charge is -2.40. The van der Waals surface area contributed by atoms with Crippen molar-refractivity contribution in [1.82, 2.24) is 4.90 Å². The van der Waals surface area contributed by atoms with Crippen molar-refractivity contribution in [3.8, 4) is 0 Å². The van der Waals surface area contributed by atoms with Gasteiger partial charge in [0, 0.05) is 19.2 Å². The molecule has 0 radical (unpaired) electrons. The summed E-state index contributed by atoms with van der Waals surface area (Å²) in [5.74, 6) is -0.0521. The molecule has 0 spiro atoms. The van der Waals surface area contributed by atoms with Crippen LogP contribution in [0.15, 0.2) is 0 Å². The maximum atomic E-state index is 12.3.